The Morgan fingerprint density at radius 3 is 2.55 bits per heavy atom. The first kappa shape index (κ1) is 17.3. The molecule has 1 aromatic carbocycles. The van der Waals surface area contributed by atoms with Crippen molar-refractivity contribution >= 4 is 27.5 Å². The quantitative estimate of drug-likeness (QED) is 0.790. The van der Waals surface area contributed by atoms with Crippen LogP contribution in [0.25, 0.3) is 0 Å². The molecule has 4 nitrogen and oxygen atoms in total. The number of benzene rings is 1. The number of aryl methyl sites for hydroxylation is 1. The summed E-state index contributed by atoms with van der Waals surface area (Å²) < 4.78 is 41.1. The molecular formula is C13H21FN2O2S2. The van der Waals surface area contributed by atoms with Crippen LogP contribution in [0.2, 0.25) is 0 Å². The highest BCUT2D eigenvalue weighted by molar-refractivity contribution is 7.98. The summed E-state index contributed by atoms with van der Waals surface area (Å²) in [6.07, 6.45) is 2.61. The lowest BCUT2D eigenvalue weighted by Crippen LogP contribution is -2.37. The largest absolute Gasteiger partial charge is 0.396 e. The van der Waals surface area contributed by atoms with E-state index in [4.69, 9.17) is 5.73 Å². The normalized spacial score (nSPS) is 13.4. The predicted octanol–water partition coefficient (Wildman–Crippen LogP) is 2.44. The fourth-order valence-corrected chi connectivity index (χ4v) is 4.69. The average molecular weight is 320 g/mol. The second kappa shape index (κ2) is 6.78. The van der Waals surface area contributed by atoms with Crippen molar-refractivity contribution in [3.05, 3.63) is 23.0 Å². The van der Waals surface area contributed by atoms with Gasteiger partial charge in [0.25, 0.3) is 0 Å². The van der Waals surface area contributed by atoms with Crippen molar-refractivity contribution in [3.8, 4) is 0 Å². The molecule has 1 rings (SSSR count). The van der Waals surface area contributed by atoms with Crippen molar-refractivity contribution in [1.82, 2.24) is 4.72 Å². The summed E-state index contributed by atoms with van der Waals surface area (Å²) >= 11 is 1.57. The molecule has 7 heteroatoms. The molecule has 0 saturated heterocycles. The number of thioether (sulfide) groups is 1. The van der Waals surface area contributed by atoms with E-state index in [1.807, 2.05) is 13.2 Å². The third-order valence-electron chi connectivity index (χ3n) is 3.15. The third-order valence-corrected chi connectivity index (χ3v) is 5.70. The average Bonchev–Trinajstić information content (AvgIpc) is 2.34. The van der Waals surface area contributed by atoms with E-state index in [-0.39, 0.29) is 22.2 Å². The molecule has 1 aromatic rings. The minimum Gasteiger partial charge on any atom is -0.396 e. The molecule has 1 atom stereocenters. The molecule has 0 aliphatic heterocycles. The second-order valence-corrected chi connectivity index (χ2v) is 7.29. The van der Waals surface area contributed by atoms with Gasteiger partial charge in [0.1, 0.15) is 5.82 Å². The lowest BCUT2D eigenvalue weighted by atomic mass is 10.1. The van der Waals surface area contributed by atoms with Crippen LogP contribution in [-0.4, -0.2) is 26.5 Å². The summed E-state index contributed by atoms with van der Waals surface area (Å²) in [5, 5.41) is 0. The van der Waals surface area contributed by atoms with E-state index in [1.54, 1.807) is 18.7 Å². The minimum atomic E-state index is -3.70. The first-order chi connectivity index (χ1) is 9.24. The van der Waals surface area contributed by atoms with E-state index in [0.29, 0.717) is 17.7 Å². The van der Waals surface area contributed by atoms with Gasteiger partial charge in [-0.2, -0.15) is 11.8 Å². The summed E-state index contributed by atoms with van der Waals surface area (Å²) in [5.41, 5.74) is 6.10. The lowest BCUT2D eigenvalue weighted by Gasteiger charge is -2.19. The smallest absolute Gasteiger partial charge is 0.241 e. The Labute approximate surface area is 124 Å². The standard InChI is InChI=1S/C13H21FN2O2S2/c1-5-10(7-19-4)16-20(17,18)13-8(2)6-11(14)12(15)9(13)3/h6,10,16H,5,7,15H2,1-4H3. The molecule has 0 spiro atoms. The highest BCUT2D eigenvalue weighted by atomic mass is 32.2. The summed E-state index contributed by atoms with van der Waals surface area (Å²) in [6, 6.07) is 1.01. The number of hydrogen-bond donors (Lipinski definition) is 2. The fourth-order valence-electron chi connectivity index (χ4n) is 2.06. The summed E-state index contributed by atoms with van der Waals surface area (Å²) in [7, 11) is -3.70. The molecule has 0 radical (unpaired) electrons. The number of nitrogens with one attached hydrogen (secondary N) is 1. The number of anilines is 1. The predicted molar refractivity (Wildman–Crippen MR) is 83.1 cm³/mol. The molecule has 0 aliphatic rings. The summed E-state index contributed by atoms with van der Waals surface area (Å²) in [4.78, 5) is 0.0796. The van der Waals surface area contributed by atoms with E-state index < -0.39 is 15.8 Å². The Balaban J connectivity index is 3.26. The Kier molecular flexibility index (Phi) is 5.85. The van der Waals surface area contributed by atoms with E-state index in [0.717, 1.165) is 6.07 Å². The molecule has 1 unspecified atom stereocenters. The Morgan fingerprint density at radius 2 is 2.05 bits per heavy atom. The Bertz CT molecular complexity index is 589. The Morgan fingerprint density at radius 1 is 1.45 bits per heavy atom. The van der Waals surface area contributed by atoms with Gasteiger partial charge in [-0.25, -0.2) is 17.5 Å². The minimum absolute atomic E-state index is 0.0796. The van der Waals surface area contributed by atoms with Gasteiger partial charge in [-0.05, 0) is 43.7 Å². The van der Waals surface area contributed by atoms with Crippen molar-refractivity contribution in [1.29, 1.82) is 0 Å². The van der Waals surface area contributed by atoms with Crippen LogP contribution in [0, 0.1) is 19.7 Å². The molecule has 0 aliphatic carbocycles. The molecule has 0 aromatic heterocycles. The molecule has 114 valence electrons. The summed E-state index contributed by atoms with van der Waals surface area (Å²) in [5.74, 6) is 0.0972. The molecule has 20 heavy (non-hydrogen) atoms. The first-order valence-electron chi connectivity index (χ1n) is 6.31. The summed E-state index contributed by atoms with van der Waals surface area (Å²) in [6.45, 7) is 5.01. The number of nitrogen functional groups attached to an aromatic ring is 1. The van der Waals surface area contributed by atoms with Gasteiger partial charge in [-0.15, -0.1) is 0 Å². The maximum Gasteiger partial charge on any atom is 0.241 e. The van der Waals surface area contributed by atoms with Crippen LogP contribution >= 0.6 is 11.8 Å². The van der Waals surface area contributed by atoms with E-state index >= 15 is 0 Å². The number of hydrogen-bond acceptors (Lipinski definition) is 4. The van der Waals surface area contributed by atoms with Gasteiger partial charge in [0, 0.05) is 11.8 Å². The van der Waals surface area contributed by atoms with Crippen LogP contribution < -0.4 is 10.5 Å². The number of halogens is 1. The maximum atomic E-state index is 13.5. The van der Waals surface area contributed by atoms with E-state index in [9.17, 15) is 12.8 Å². The van der Waals surface area contributed by atoms with Crippen molar-refractivity contribution < 1.29 is 12.8 Å². The zero-order valence-electron chi connectivity index (χ0n) is 12.2. The van der Waals surface area contributed by atoms with Gasteiger partial charge in [0.2, 0.25) is 10.0 Å². The SMILES string of the molecule is CCC(CSC)NS(=O)(=O)c1c(C)cc(F)c(N)c1C. The van der Waals surface area contributed by atoms with Gasteiger partial charge in [-0.1, -0.05) is 6.92 Å². The van der Waals surface area contributed by atoms with Crippen LogP contribution in [0.15, 0.2) is 11.0 Å². The van der Waals surface area contributed by atoms with Crippen LogP contribution in [0.5, 0.6) is 0 Å². The molecule has 0 amide bonds. The molecule has 0 fully saturated rings. The topological polar surface area (TPSA) is 72.2 Å². The highest BCUT2D eigenvalue weighted by Crippen LogP contribution is 2.27. The zero-order chi connectivity index (χ0) is 15.5. The van der Waals surface area contributed by atoms with Gasteiger partial charge < -0.3 is 5.73 Å². The van der Waals surface area contributed by atoms with Crippen molar-refractivity contribution in [3.63, 3.8) is 0 Å². The van der Waals surface area contributed by atoms with Crippen molar-refractivity contribution in [2.24, 2.45) is 0 Å². The van der Waals surface area contributed by atoms with Gasteiger partial charge in [-0.3, -0.25) is 0 Å². The molecule has 0 bridgehead atoms. The fraction of sp³-hybridized carbons (Fsp3) is 0.538. The van der Waals surface area contributed by atoms with Crippen molar-refractivity contribution in [2.45, 2.75) is 38.1 Å². The monoisotopic (exact) mass is 320 g/mol. The maximum absolute atomic E-state index is 13.5. The number of nitrogens with two attached hydrogens (primary N) is 1. The lowest BCUT2D eigenvalue weighted by molar-refractivity contribution is 0.556. The molecule has 0 heterocycles. The highest BCUT2D eigenvalue weighted by Gasteiger charge is 2.25. The van der Waals surface area contributed by atoms with E-state index in [2.05, 4.69) is 4.72 Å². The number of sulfonamides is 1. The van der Waals surface area contributed by atoms with Crippen molar-refractivity contribution in [2.75, 3.05) is 17.7 Å². The van der Waals surface area contributed by atoms with Gasteiger partial charge in [0.15, 0.2) is 0 Å². The van der Waals surface area contributed by atoms with Crippen LogP contribution in [0.4, 0.5) is 10.1 Å². The van der Waals surface area contributed by atoms with Crippen LogP contribution in [0.3, 0.4) is 0 Å². The first-order valence-corrected chi connectivity index (χ1v) is 9.18. The van der Waals surface area contributed by atoms with Crippen LogP contribution in [0.1, 0.15) is 24.5 Å². The third kappa shape index (κ3) is 3.65. The zero-order valence-corrected chi connectivity index (χ0v) is 13.8. The molecule has 0 saturated carbocycles. The van der Waals surface area contributed by atoms with Gasteiger partial charge in [0.05, 0.1) is 10.6 Å². The second-order valence-electron chi connectivity index (χ2n) is 4.72. The molecule has 3 N–H and O–H groups in total. The number of rotatable bonds is 6. The van der Waals surface area contributed by atoms with E-state index in [1.165, 1.54) is 6.92 Å². The van der Waals surface area contributed by atoms with Crippen LogP contribution in [-0.2, 0) is 10.0 Å². The Hall–Kier alpha value is -0.790. The molecular weight excluding hydrogens is 299 g/mol. The van der Waals surface area contributed by atoms with Gasteiger partial charge >= 0.3 is 0 Å².